The van der Waals surface area contributed by atoms with Gasteiger partial charge in [-0.3, -0.25) is 9.36 Å². The Balaban J connectivity index is 1.69. The molecule has 4 rings (SSSR count). The molecule has 0 saturated carbocycles. The smallest absolute Gasteiger partial charge is 0.416 e. The van der Waals surface area contributed by atoms with Crippen LogP contribution in [0.4, 0.5) is 13.2 Å². The summed E-state index contributed by atoms with van der Waals surface area (Å²) in [7, 11) is 0. The van der Waals surface area contributed by atoms with E-state index in [9.17, 15) is 18.0 Å². The van der Waals surface area contributed by atoms with Gasteiger partial charge in [-0.25, -0.2) is 4.98 Å². The maximum atomic E-state index is 13.2. The lowest BCUT2D eigenvalue weighted by molar-refractivity contribution is -0.137. The molecule has 9 heteroatoms. The van der Waals surface area contributed by atoms with Gasteiger partial charge in [-0.05, 0) is 42.8 Å². The monoisotopic (exact) mass is 464 g/mol. The number of aryl methyl sites for hydroxylation is 1. The van der Waals surface area contributed by atoms with Crippen LogP contribution in [0.15, 0.2) is 63.4 Å². The van der Waals surface area contributed by atoms with Crippen molar-refractivity contribution in [3.8, 4) is 11.4 Å². The summed E-state index contributed by atoms with van der Waals surface area (Å²) in [6, 6.07) is 12.4. The first-order valence-electron chi connectivity index (χ1n) is 9.67. The Labute approximate surface area is 185 Å². The molecule has 0 aliphatic carbocycles. The molecular weight excluding hydrogens is 445 g/mol. The molecule has 31 heavy (non-hydrogen) atoms. The second-order valence-electron chi connectivity index (χ2n) is 6.82. The first kappa shape index (κ1) is 21.8. The molecule has 3 aromatic rings. The molecule has 1 aliphatic heterocycles. The van der Waals surface area contributed by atoms with Crippen LogP contribution in [0.2, 0.25) is 0 Å². The lowest BCUT2D eigenvalue weighted by Gasteiger charge is -2.15. The Kier molecular flexibility index (Phi) is 6.34. The van der Waals surface area contributed by atoms with Crippen molar-refractivity contribution < 1.29 is 17.9 Å². The highest BCUT2D eigenvalue weighted by Crippen LogP contribution is 2.33. The van der Waals surface area contributed by atoms with Crippen LogP contribution >= 0.6 is 23.5 Å². The van der Waals surface area contributed by atoms with Crippen molar-refractivity contribution in [2.45, 2.75) is 35.3 Å². The molecule has 1 aromatic heterocycles. The minimum atomic E-state index is -4.39. The van der Waals surface area contributed by atoms with Crippen LogP contribution in [0, 0.1) is 0 Å². The van der Waals surface area contributed by atoms with Crippen molar-refractivity contribution in [1.29, 1.82) is 0 Å². The largest absolute Gasteiger partial charge is 0.494 e. The van der Waals surface area contributed by atoms with Gasteiger partial charge in [0.15, 0.2) is 5.16 Å². The predicted octanol–water partition coefficient (Wildman–Crippen LogP) is 5.59. The summed E-state index contributed by atoms with van der Waals surface area (Å²) in [5.41, 5.74) is 1.07. The Hall–Kier alpha value is -2.39. The van der Waals surface area contributed by atoms with E-state index in [1.54, 1.807) is 30.3 Å². The van der Waals surface area contributed by atoms with Gasteiger partial charge in [-0.1, -0.05) is 30.0 Å². The van der Waals surface area contributed by atoms with Crippen LogP contribution in [0.3, 0.4) is 0 Å². The minimum absolute atomic E-state index is 0.150. The number of rotatable bonds is 6. The van der Waals surface area contributed by atoms with Gasteiger partial charge in [0, 0.05) is 17.9 Å². The summed E-state index contributed by atoms with van der Waals surface area (Å²) in [5, 5.41) is 0.466. The van der Waals surface area contributed by atoms with Gasteiger partial charge >= 0.3 is 6.18 Å². The van der Waals surface area contributed by atoms with Crippen molar-refractivity contribution in [2.24, 2.45) is 0 Å². The highest BCUT2D eigenvalue weighted by Gasteiger charge is 2.30. The minimum Gasteiger partial charge on any atom is -0.494 e. The van der Waals surface area contributed by atoms with Gasteiger partial charge in [0.1, 0.15) is 5.75 Å². The number of aromatic nitrogens is 2. The number of fused-ring (bicyclic) bond motifs is 1. The van der Waals surface area contributed by atoms with E-state index in [1.807, 2.05) is 6.92 Å². The number of thioether (sulfide) groups is 2. The SMILES string of the molecule is CCOc1ccc(-n2c(SCc3cccc(C(F)(F)F)c3)nc3c(c2=O)SCC3)cc1. The predicted molar refractivity (Wildman–Crippen MR) is 116 cm³/mol. The number of alkyl halides is 3. The normalized spacial score (nSPS) is 13.3. The van der Waals surface area contributed by atoms with Crippen molar-refractivity contribution in [2.75, 3.05) is 12.4 Å². The standard InChI is InChI=1S/C22H19F3N2O2S2/c1-2-29-17-8-6-16(7-9-17)27-20(28)19-18(10-11-30-19)26-21(27)31-13-14-4-3-5-15(12-14)22(23,24)25/h3-9,12H,2,10-11,13H2,1H3. The van der Waals surface area contributed by atoms with E-state index in [4.69, 9.17) is 4.74 Å². The van der Waals surface area contributed by atoms with E-state index < -0.39 is 11.7 Å². The van der Waals surface area contributed by atoms with E-state index >= 15 is 0 Å². The number of halogens is 3. The van der Waals surface area contributed by atoms with Crippen LogP contribution in [0.1, 0.15) is 23.7 Å². The zero-order valence-electron chi connectivity index (χ0n) is 16.6. The lowest BCUT2D eigenvalue weighted by atomic mass is 10.1. The topological polar surface area (TPSA) is 44.1 Å². The summed E-state index contributed by atoms with van der Waals surface area (Å²) in [4.78, 5) is 18.5. The van der Waals surface area contributed by atoms with Gasteiger partial charge in [0.2, 0.25) is 0 Å². The van der Waals surface area contributed by atoms with E-state index in [0.29, 0.717) is 40.1 Å². The third-order valence-corrected chi connectivity index (χ3v) is 6.81. The fourth-order valence-electron chi connectivity index (χ4n) is 3.26. The van der Waals surface area contributed by atoms with Gasteiger partial charge in [-0.15, -0.1) is 11.8 Å². The summed E-state index contributed by atoms with van der Waals surface area (Å²) in [6.07, 6.45) is -3.69. The molecule has 0 amide bonds. The fourth-order valence-corrected chi connectivity index (χ4v) is 5.26. The molecule has 1 aliphatic rings. The highest BCUT2D eigenvalue weighted by molar-refractivity contribution is 7.99. The Morgan fingerprint density at radius 3 is 2.68 bits per heavy atom. The Bertz CT molecular complexity index is 1140. The maximum absolute atomic E-state index is 13.2. The summed E-state index contributed by atoms with van der Waals surface area (Å²) in [5.74, 6) is 1.75. The van der Waals surface area contributed by atoms with Crippen LogP contribution in [-0.2, 0) is 18.3 Å². The molecule has 0 unspecified atom stereocenters. The van der Waals surface area contributed by atoms with Gasteiger partial charge in [-0.2, -0.15) is 13.2 Å². The molecule has 0 saturated heterocycles. The van der Waals surface area contributed by atoms with Crippen LogP contribution in [-0.4, -0.2) is 21.9 Å². The third kappa shape index (κ3) is 4.77. The van der Waals surface area contributed by atoms with Crippen molar-refractivity contribution in [1.82, 2.24) is 9.55 Å². The molecule has 2 aromatic carbocycles. The zero-order chi connectivity index (χ0) is 22.0. The molecular formula is C22H19F3N2O2S2. The highest BCUT2D eigenvalue weighted by atomic mass is 32.2. The maximum Gasteiger partial charge on any atom is 0.416 e. The third-order valence-electron chi connectivity index (χ3n) is 4.69. The molecule has 0 N–H and O–H groups in total. The number of ether oxygens (including phenoxy) is 1. The second kappa shape index (κ2) is 9.00. The van der Waals surface area contributed by atoms with E-state index in [1.165, 1.54) is 34.2 Å². The molecule has 0 fully saturated rings. The number of hydrogen-bond donors (Lipinski definition) is 0. The average Bonchev–Trinajstić information content (AvgIpc) is 3.22. The first-order chi connectivity index (χ1) is 14.9. The molecule has 0 bridgehead atoms. The number of nitrogens with zero attached hydrogens (tertiary/aromatic N) is 2. The molecule has 162 valence electrons. The lowest BCUT2D eigenvalue weighted by Crippen LogP contribution is -2.23. The van der Waals surface area contributed by atoms with Crippen molar-refractivity contribution >= 4 is 23.5 Å². The van der Waals surface area contributed by atoms with Gasteiger partial charge in [0.25, 0.3) is 5.56 Å². The van der Waals surface area contributed by atoms with Crippen LogP contribution < -0.4 is 10.3 Å². The summed E-state index contributed by atoms with van der Waals surface area (Å²) in [6.45, 7) is 2.43. The number of benzene rings is 2. The molecule has 4 nitrogen and oxygen atoms in total. The fraction of sp³-hybridized carbons (Fsp3) is 0.273. The zero-order valence-corrected chi connectivity index (χ0v) is 18.2. The van der Waals surface area contributed by atoms with Crippen LogP contribution in [0.25, 0.3) is 5.69 Å². The van der Waals surface area contributed by atoms with E-state index in [-0.39, 0.29) is 11.3 Å². The Morgan fingerprint density at radius 1 is 1.19 bits per heavy atom. The Morgan fingerprint density at radius 2 is 1.97 bits per heavy atom. The number of hydrogen-bond acceptors (Lipinski definition) is 5. The summed E-state index contributed by atoms with van der Waals surface area (Å²) >= 11 is 2.74. The second-order valence-corrected chi connectivity index (χ2v) is 8.87. The first-order valence-corrected chi connectivity index (χ1v) is 11.6. The van der Waals surface area contributed by atoms with Crippen molar-refractivity contribution in [3.63, 3.8) is 0 Å². The van der Waals surface area contributed by atoms with Crippen molar-refractivity contribution in [3.05, 3.63) is 75.7 Å². The molecule has 2 heterocycles. The van der Waals surface area contributed by atoms with Crippen LogP contribution in [0.5, 0.6) is 5.75 Å². The molecule has 0 spiro atoms. The van der Waals surface area contributed by atoms with E-state index in [2.05, 4.69) is 4.98 Å². The summed E-state index contributed by atoms with van der Waals surface area (Å²) < 4.78 is 46.1. The van der Waals surface area contributed by atoms with Gasteiger partial charge < -0.3 is 4.74 Å². The van der Waals surface area contributed by atoms with Gasteiger partial charge in [0.05, 0.1) is 28.4 Å². The quantitative estimate of drug-likeness (QED) is 0.351. The molecule has 0 radical (unpaired) electrons. The molecule has 0 atom stereocenters. The van der Waals surface area contributed by atoms with E-state index in [0.717, 1.165) is 23.6 Å². The average molecular weight is 465 g/mol.